The summed E-state index contributed by atoms with van der Waals surface area (Å²) in [5.41, 5.74) is 1.58. The quantitative estimate of drug-likeness (QED) is 0.569. The summed E-state index contributed by atoms with van der Waals surface area (Å²) >= 11 is 0. The minimum absolute atomic E-state index is 0.146. The average Bonchev–Trinajstić information content (AvgIpc) is 2.60. The third-order valence-corrected chi connectivity index (χ3v) is 5.17. The van der Waals surface area contributed by atoms with Crippen LogP contribution in [-0.2, 0) is 19.4 Å². The van der Waals surface area contributed by atoms with Gasteiger partial charge < -0.3 is 4.74 Å². The van der Waals surface area contributed by atoms with Crippen LogP contribution in [0.5, 0.6) is 0 Å². The number of esters is 1. The Hall–Kier alpha value is -2.40. The lowest BCUT2D eigenvalue weighted by molar-refractivity contribution is -0.142. The van der Waals surface area contributed by atoms with Gasteiger partial charge in [-0.15, -0.1) is 0 Å². The van der Waals surface area contributed by atoms with Crippen molar-refractivity contribution in [1.29, 1.82) is 0 Å². The molecule has 0 saturated heterocycles. The minimum Gasteiger partial charge on any atom is -0.466 e. The first kappa shape index (κ1) is 17.9. The molecule has 126 valence electrons. The Labute approximate surface area is 142 Å². The summed E-state index contributed by atoms with van der Waals surface area (Å²) in [5, 5.41) is 0. The zero-order chi connectivity index (χ0) is 17.4. The second-order valence-corrected chi connectivity index (χ2v) is 7.23. The summed E-state index contributed by atoms with van der Waals surface area (Å²) in [6.45, 7) is 1.94. The molecular weight excluding hydrogens is 324 g/mol. The van der Waals surface area contributed by atoms with Crippen molar-refractivity contribution in [2.75, 3.05) is 12.4 Å². The number of hydrogen-bond acceptors (Lipinski definition) is 4. The lowest BCUT2D eigenvalue weighted by Gasteiger charge is -2.08. The molecule has 24 heavy (non-hydrogen) atoms. The minimum atomic E-state index is -3.56. The normalized spacial score (nSPS) is 11.5. The van der Waals surface area contributed by atoms with Crippen molar-refractivity contribution in [2.24, 2.45) is 0 Å². The molecule has 4 nitrogen and oxygen atoms in total. The van der Waals surface area contributed by atoms with E-state index in [4.69, 9.17) is 4.74 Å². The predicted molar refractivity (Wildman–Crippen MR) is 95.1 cm³/mol. The Morgan fingerprint density at radius 2 is 1.67 bits per heavy atom. The number of carbonyl (C=O) groups excluding carboxylic acids is 1. The van der Waals surface area contributed by atoms with Gasteiger partial charge in [0.25, 0.3) is 0 Å². The van der Waals surface area contributed by atoms with Gasteiger partial charge in [0.15, 0.2) is 9.84 Å². The van der Waals surface area contributed by atoms with Crippen LogP contribution >= 0.6 is 0 Å². The van der Waals surface area contributed by atoms with E-state index < -0.39 is 15.8 Å². The summed E-state index contributed by atoms with van der Waals surface area (Å²) in [6.07, 6.45) is 3.49. The van der Waals surface area contributed by atoms with E-state index in [0.717, 1.165) is 5.56 Å². The smallest absolute Gasteiger partial charge is 0.306 e. The monoisotopic (exact) mass is 344 g/mol. The predicted octanol–water partition coefficient (Wildman–Crippen LogP) is 3.58. The fourth-order valence-corrected chi connectivity index (χ4v) is 3.65. The number of benzene rings is 2. The molecule has 0 aliphatic carbocycles. The maximum absolute atomic E-state index is 12.5. The van der Waals surface area contributed by atoms with Gasteiger partial charge in [-0.25, -0.2) is 8.42 Å². The van der Waals surface area contributed by atoms with Crippen LogP contribution in [0.4, 0.5) is 0 Å². The maximum Gasteiger partial charge on any atom is 0.306 e. The number of ether oxygens (including phenoxy) is 1. The van der Waals surface area contributed by atoms with Gasteiger partial charge in [-0.05, 0) is 24.1 Å². The van der Waals surface area contributed by atoms with Gasteiger partial charge in [-0.3, -0.25) is 4.79 Å². The molecule has 0 amide bonds. The zero-order valence-electron chi connectivity index (χ0n) is 13.5. The number of hydrogen-bond donors (Lipinski definition) is 0. The highest BCUT2D eigenvalue weighted by atomic mass is 32.2. The highest BCUT2D eigenvalue weighted by Gasteiger charge is 2.19. The van der Waals surface area contributed by atoms with Crippen LogP contribution in [0.25, 0.3) is 12.2 Å². The molecule has 0 fully saturated rings. The van der Waals surface area contributed by atoms with E-state index >= 15 is 0 Å². The summed E-state index contributed by atoms with van der Waals surface area (Å²) in [5.74, 6) is -0.763. The largest absolute Gasteiger partial charge is 0.466 e. The first-order valence-corrected chi connectivity index (χ1v) is 9.38. The van der Waals surface area contributed by atoms with Crippen LogP contribution in [0, 0.1) is 0 Å². The Bertz CT molecular complexity index is 808. The van der Waals surface area contributed by atoms with E-state index in [-0.39, 0.29) is 23.7 Å². The molecular formula is C19H20O4S. The van der Waals surface area contributed by atoms with Crippen LogP contribution in [0.3, 0.4) is 0 Å². The third kappa shape index (κ3) is 5.06. The van der Waals surface area contributed by atoms with Crippen LogP contribution in [-0.4, -0.2) is 26.7 Å². The fraction of sp³-hybridized carbons (Fsp3) is 0.211. The van der Waals surface area contributed by atoms with Crippen LogP contribution < -0.4 is 0 Å². The number of carbonyl (C=O) groups is 1. The van der Waals surface area contributed by atoms with Crippen molar-refractivity contribution < 1.29 is 17.9 Å². The molecule has 0 heterocycles. The summed E-state index contributed by atoms with van der Waals surface area (Å²) in [6, 6.07) is 16.4. The standard InChI is InChI=1S/C19H20O4S/c1-2-23-19(20)14-15-24(21,22)18-11-7-6-10-17(18)13-12-16-8-4-3-5-9-16/h3-13H,2,14-15H2,1H3. The molecule has 2 aromatic carbocycles. The molecule has 5 heteroatoms. The lowest BCUT2D eigenvalue weighted by Crippen LogP contribution is -2.14. The highest BCUT2D eigenvalue weighted by molar-refractivity contribution is 7.91. The second kappa shape index (κ2) is 8.45. The Balaban J connectivity index is 2.21. The third-order valence-electron chi connectivity index (χ3n) is 3.39. The van der Waals surface area contributed by atoms with Crippen molar-refractivity contribution in [1.82, 2.24) is 0 Å². The van der Waals surface area contributed by atoms with E-state index in [2.05, 4.69) is 0 Å². The molecule has 0 atom stereocenters. The topological polar surface area (TPSA) is 60.4 Å². The van der Waals surface area contributed by atoms with Crippen molar-refractivity contribution in [3.8, 4) is 0 Å². The van der Waals surface area contributed by atoms with Gasteiger partial charge in [0.2, 0.25) is 0 Å². The molecule has 0 spiro atoms. The SMILES string of the molecule is CCOC(=O)CCS(=O)(=O)c1ccccc1C=Cc1ccccc1. The van der Waals surface area contributed by atoms with E-state index in [0.29, 0.717) is 5.56 Å². The Morgan fingerprint density at radius 1 is 1.00 bits per heavy atom. The van der Waals surface area contributed by atoms with Gasteiger partial charge in [0, 0.05) is 0 Å². The van der Waals surface area contributed by atoms with Crippen LogP contribution in [0.15, 0.2) is 59.5 Å². The second-order valence-electron chi connectivity index (χ2n) is 5.16. The van der Waals surface area contributed by atoms with Gasteiger partial charge in [-0.2, -0.15) is 0 Å². The van der Waals surface area contributed by atoms with Gasteiger partial charge in [0.05, 0.1) is 23.7 Å². The van der Waals surface area contributed by atoms with Crippen LogP contribution in [0.1, 0.15) is 24.5 Å². The maximum atomic E-state index is 12.5. The number of sulfone groups is 1. The Kier molecular flexibility index (Phi) is 6.32. The molecule has 2 aromatic rings. The lowest BCUT2D eigenvalue weighted by atomic mass is 10.1. The summed E-state index contributed by atoms with van der Waals surface area (Å²) in [4.78, 5) is 11.6. The molecule has 0 N–H and O–H groups in total. The van der Waals surface area contributed by atoms with Crippen molar-refractivity contribution >= 4 is 28.0 Å². The average molecular weight is 344 g/mol. The Morgan fingerprint density at radius 3 is 2.38 bits per heavy atom. The fourth-order valence-electron chi connectivity index (χ4n) is 2.21. The van der Waals surface area contributed by atoms with E-state index in [1.165, 1.54) is 0 Å². The molecule has 2 rings (SSSR count). The number of rotatable bonds is 7. The van der Waals surface area contributed by atoms with Gasteiger partial charge >= 0.3 is 5.97 Å². The molecule has 0 bridgehead atoms. The molecule has 0 aromatic heterocycles. The molecule has 0 radical (unpaired) electrons. The van der Waals surface area contributed by atoms with E-state index in [1.54, 1.807) is 37.3 Å². The first-order valence-electron chi connectivity index (χ1n) is 7.73. The zero-order valence-corrected chi connectivity index (χ0v) is 14.3. The molecule has 0 saturated carbocycles. The van der Waals surface area contributed by atoms with Crippen molar-refractivity contribution in [2.45, 2.75) is 18.2 Å². The van der Waals surface area contributed by atoms with Crippen molar-refractivity contribution in [3.05, 3.63) is 65.7 Å². The first-order chi connectivity index (χ1) is 11.5. The highest BCUT2D eigenvalue weighted by Crippen LogP contribution is 2.20. The van der Waals surface area contributed by atoms with E-state index in [9.17, 15) is 13.2 Å². The van der Waals surface area contributed by atoms with Gasteiger partial charge in [0.1, 0.15) is 0 Å². The van der Waals surface area contributed by atoms with Crippen LogP contribution in [0.2, 0.25) is 0 Å². The van der Waals surface area contributed by atoms with Crippen molar-refractivity contribution in [3.63, 3.8) is 0 Å². The summed E-state index contributed by atoms with van der Waals surface area (Å²) < 4.78 is 29.9. The van der Waals surface area contributed by atoms with Gasteiger partial charge in [-0.1, -0.05) is 60.7 Å². The van der Waals surface area contributed by atoms with E-state index in [1.807, 2.05) is 36.4 Å². The summed E-state index contributed by atoms with van der Waals surface area (Å²) in [7, 11) is -3.56. The molecule has 0 unspecified atom stereocenters. The molecule has 0 aliphatic heterocycles. The molecule has 0 aliphatic rings.